The van der Waals surface area contributed by atoms with Crippen molar-refractivity contribution in [3.05, 3.63) is 35.4 Å². The first-order valence-corrected chi connectivity index (χ1v) is 3.88. The molecule has 1 rings (SSSR count). The van der Waals surface area contributed by atoms with E-state index < -0.39 is 5.54 Å². The Kier molecular flexibility index (Phi) is 2.29. The zero-order chi connectivity index (χ0) is 9.19. The molecule has 0 aliphatic rings. The monoisotopic (exact) mass is 163 g/mol. The minimum absolute atomic E-state index is 0.766. The summed E-state index contributed by atoms with van der Waals surface area (Å²) in [7, 11) is 0. The van der Waals surface area contributed by atoms with E-state index in [2.05, 4.69) is 0 Å². The van der Waals surface area contributed by atoms with Crippen LogP contribution < -0.4 is 5.73 Å². The van der Waals surface area contributed by atoms with Gasteiger partial charge in [0.05, 0.1) is 5.54 Å². The molecule has 1 aromatic carbocycles. The van der Waals surface area contributed by atoms with Gasteiger partial charge in [0, 0.05) is 0 Å². The number of carbonyl (C=O) groups is 1. The van der Waals surface area contributed by atoms with Gasteiger partial charge in [-0.2, -0.15) is 0 Å². The standard InChI is InChI=1S/C10H13NO/c1-8-4-3-5-9(6-8)10(2,11)7-12/h3-7H,11H2,1-2H3. The molecular formula is C10H13NO. The first-order chi connectivity index (χ1) is 5.56. The van der Waals surface area contributed by atoms with E-state index in [1.807, 2.05) is 31.2 Å². The lowest BCUT2D eigenvalue weighted by atomic mass is 9.94. The van der Waals surface area contributed by atoms with Crippen LogP contribution >= 0.6 is 0 Å². The van der Waals surface area contributed by atoms with Crippen molar-refractivity contribution in [2.75, 3.05) is 0 Å². The van der Waals surface area contributed by atoms with Crippen LogP contribution in [0.2, 0.25) is 0 Å². The summed E-state index contributed by atoms with van der Waals surface area (Å²) in [5.74, 6) is 0. The number of aryl methyl sites for hydroxylation is 1. The molecule has 0 heterocycles. The van der Waals surface area contributed by atoms with Crippen LogP contribution in [0.25, 0.3) is 0 Å². The van der Waals surface area contributed by atoms with Crippen LogP contribution in [0.15, 0.2) is 24.3 Å². The molecule has 0 saturated carbocycles. The molecule has 0 radical (unpaired) electrons. The van der Waals surface area contributed by atoms with Gasteiger partial charge >= 0.3 is 0 Å². The van der Waals surface area contributed by atoms with Crippen LogP contribution in [0.3, 0.4) is 0 Å². The smallest absolute Gasteiger partial charge is 0.144 e. The SMILES string of the molecule is Cc1cccc(C(C)(N)C=O)c1. The average molecular weight is 163 g/mol. The zero-order valence-electron chi connectivity index (χ0n) is 7.37. The third-order valence-corrected chi connectivity index (χ3v) is 1.88. The molecule has 0 fully saturated rings. The maximum absolute atomic E-state index is 10.6. The highest BCUT2D eigenvalue weighted by Gasteiger charge is 2.19. The van der Waals surface area contributed by atoms with Crippen LogP contribution in [-0.4, -0.2) is 6.29 Å². The summed E-state index contributed by atoms with van der Waals surface area (Å²) in [6.07, 6.45) is 0.766. The lowest BCUT2D eigenvalue weighted by Crippen LogP contribution is -2.34. The Labute approximate surface area is 72.4 Å². The Morgan fingerprint density at radius 2 is 2.17 bits per heavy atom. The number of hydrogen-bond donors (Lipinski definition) is 1. The molecule has 1 atom stereocenters. The van der Waals surface area contributed by atoms with Crippen molar-refractivity contribution in [3.8, 4) is 0 Å². The number of rotatable bonds is 2. The minimum atomic E-state index is -0.855. The molecule has 1 unspecified atom stereocenters. The van der Waals surface area contributed by atoms with Gasteiger partial charge in [-0.1, -0.05) is 29.8 Å². The fraction of sp³-hybridized carbons (Fsp3) is 0.300. The molecule has 0 spiro atoms. The van der Waals surface area contributed by atoms with Crippen molar-refractivity contribution in [1.82, 2.24) is 0 Å². The first kappa shape index (κ1) is 8.94. The van der Waals surface area contributed by atoms with Crippen molar-refractivity contribution in [2.45, 2.75) is 19.4 Å². The maximum Gasteiger partial charge on any atom is 0.144 e. The summed E-state index contributed by atoms with van der Waals surface area (Å²) in [6, 6.07) is 7.67. The van der Waals surface area contributed by atoms with Gasteiger partial charge in [0.2, 0.25) is 0 Å². The van der Waals surface area contributed by atoms with E-state index in [1.165, 1.54) is 0 Å². The number of hydrogen-bond acceptors (Lipinski definition) is 2. The summed E-state index contributed by atoms with van der Waals surface area (Å²) in [5, 5.41) is 0. The normalized spacial score (nSPS) is 15.2. The van der Waals surface area contributed by atoms with Crippen LogP contribution in [0.4, 0.5) is 0 Å². The van der Waals surface area contributed by atoms with Crippen LogP contribution in [-0.2, 0) is 10.3 Å². The van der Waals surface area contributed by atoms with Gasteiger partial charge in [0.15, 0.2) is 0 Å². The molecule has 2 nitrogen and oxygen atoms in total. The number of nitrogens with two attached hydrogens (primary N) is 1. The molecule has 2 N–H and O–H groups in total. The van der Waals surface area contributed by atoms with E-state index >= 15 is 0 Å². The number of aldehydes is 1. The highest BCUT2D eigenvalue weighted by molar-refractivity contribution is 5.66. The molecule has 0 aliphatic carbocycles. The molecule has 1 aromatic rings. The topological polar surface area (TPSA) is 43.1 Å². The summed E-state index contributed by atoms with van der Waals surface area (Å²) in [6.45, 7) is 3.68. The Bertz CT molecular complexity index is 292. The van der Waals surface area contributed by atoms with Crippen molar-refractivity contribution in [3.63, 3.8) is 0 Å². The van der Waals surface area contributed by atoms with Crippen molar-refractivity contribution in [1.29, 1.82) is 0 Å². The molecule has 0 bridgehead atoms. The Balaban J connectivity index is 3.11. The molecule has 0 aromatic heterocycles. The van der Waals surface area contributed by atoms with Gasteiger partial charge < -0.3 is 10.5 Å². The molecule has 0 aliphatic heterocycles. The lowest BCUT2D eigenvalue weighted by Gasteiger charge is -2.17. The second-order valence-electron chi connectivity index (χ2n) is 3.27. The second kappa shape index (κ2) is 3.07. The molecule has 12 heavy (non-hydrogen) atoms. The van der Waals surface area contributed by atoms with Crippen LogP contribution in [0.5, 0.6) is 0 Å². The van der Waals surface area contributed by atoms with Crippen molar-refractivity contribution < 1.29 is 4.79 Å². The van der Waals surface area contributed by atoms with Crippen molar-refractivity contribution >= 4 is 6.29 Å². The highest BCUT2D eigenvalue weighted by Crippen LogP contribution is 2.15. The van der Waals surface area contributed by atoms with E-state index in [-0.39, 0.29) is 0 Å². The number of carbonyl (C=O) groups excluding carboxylic acids is 1. The molecular weight excluding hydrogens is 150 g/mol. The molecule has 64 valence electrons. The summed E-state index contributed by atoms with van der Waals surface area (Å²) < 4.78 is 0. The van der Waals surface area contributed by atoms with Crippen molar-refractivity contribution in [2.24, 2.45) is 5.73 Å². The van der Waals surface area contributed by atoms with E-state index in [0.717, 1.165) is 17.4 Å². The fourth-order valence-electron chi connectivity index (χ4n) is 1.05. The fourth-order valence-corrected chi connectivity index (χ4v) is 1.05. The minimum Gasteiger partial charge on any atom is -0.316 e. The van der Waals surface area contributed by atoms with Gasteiger partial charge in [0.1, 0.15) is 6.29 Å². The largest absolute Gasteiger partial charge is 0.316 e. The third-order valence-electron chi connectivity index (χ3n) is 1.88. The Morgan fingerprint density at radius 1 is 1.50 bits per heavy atom. The van der Waals surface area contributed by atoms with Gasteiger partial charge in [-0.25, -0.2) is 0 Å². The average Bonchev–Trinajstić information content (AvgIpc) is 2.05. The van der Waals surface area contributed by atoms with Crippen LogP contribution in [0.1, 0.15) is 18.1 Å². The Hall–Kier alpha value is -1.15. The summed E-state index contributed by atoms with van der Waals surface area (Å²) in [5.41, 5.74) is 6.86. The highest BCUT2D eigenvalue weighted by atomic mass is 16.1. The van der Waals surface area contributed by atoms with E-state index in [0.29, 0.717) is 0 Å². The van der Waals surface area contributed by atoms with E-state index in [1.54, 1.807) is 6.92 Å². The second-order valence-corrected chi connectivity index (χ2v) is 3.27. The predicted molar refractivity (Wildman–Crippen MR) is 48.8 cm³/mol. The Morgan fingerprint density at radius 3 is 2.67 bits per heavy atom. The molecule has 2 heteroatoms. The van der Waals surface area contributed by atoms with Gasteiger partial charge in [0.25, 0.3) is 0 Å². The van der Waals surface area contributed by atoms with E-state index in [4.69, 9.17) is 5.73 Å². The third kappa shape index (κ3) is 1.71. The molecule has 0 amide bonds. The quantitative estimate of drug-likeness (QED) is 0.669. The lowest BCUT2D eigenvalue weighted by molar-refractivity contribution is -0.112. The van der Waals surface area contributed by atoms with Gasteiger partial charge in [-0.3, -0.25) is 0 Å². The summed E-state index contributed by atoms with van der Waals surface area (Å²) in [4.78, 5) is 10.6. The van der Waals surface area contributed by atoms with Crippen LogP contribution in [0, 0.1) is 6.92 Å². The molecule has 0 saturated heterocycles. The predicted octanol–water partition coefficient (Wildman–Crippen LogP) is 1.37. The zero-order valence-corrected chi connectivity index (χ0v) is 7.37. The van der Waals surface area contributed by atoms with E-state index in [9.17, 15) is 4.79 Å². The van der Waals surface area contributed by atoms with Gasteiger partial charge in [-0.15, -0.1) is 0 Å². The first-order valence-electron chi connectivity index (χ1n) is 3.88. The maximum atomic E-state index is 10.6. The number of benzene rings is 1. The van der Waals surface area contributed by atoms with Gasteiger partial charge in [-0.05, 0) is 19.4 Å². The summed E-state index contributed by atoms with van der Waals surface area (Å²) >= 11 is 0.